The Hall–Kier alpha value is -2.86. The number of amides is 2. The molecular weight excluding hydrogens is 354 g/mol. The maximum Gasteiger partial charge on any atom is 0.251 e. The fourth-order valence-electron chi connectivity index (χ4n) is 2.49. The second-order valence-corrected chi connectivity index (χ2v) is 6.27. The summed E-state index contributed by atoms with van der Waals surface area (Å²) in [5.41, 5.74) is 2.79. The molecule has 0 saturated heterocycles. The van der Waals surface area contributed by atoms with Crippen molar-refractivity contribution in [3.63, 3.8) is 0 Å². The molecule has 0 fully saturated rings. The molecule has 0 atom stereocenters. The number of benzene rings is 2. The number of oxazole rings is 1. The van der Waals surface area contributed by atoms with Crippen molar-refractivity contribution in [3.8, 4) is 0 Å². The van der Waals surface area contributed by atoms with Gasteiger partial charge in [-0.25, -0.2) is 4.98 Å². The van der Waals surface area contributed by atoms with Crippen LogP contribution in [0.1, 0.15) is 28.7 Å². The summed E-state index contributed by atoms with van der Waals surface area (Å²) < 4.78 is 5.74. The predicted octanol–water partition coefficient (Wildman–Crippen LogP) is 2.94. The molecule has 0 aliphatic heterocycles. The highest BCUT2D eigenvalue weighted by atomic mass is 35.5. The van der Waals surface area contributed by atoms with E-state index in [1.807, 2.05) is 24.3 Å². The van der Waals surface area contributed by atoms with E-state index in [1.165, 1.54) is 6.92 Å². The minimum atomic E-state index is -0.223. The molecule has 7 heteroatoms. The van der Waals surface area contributed by atoms with Crippen LogP contribution in [0.4, 0.5) is 0 Å². The molecule has 0 spiro atoms. The summed E-state index contributed by atoms with van der Waals surface area (Å²) in [6, 6.07) is 12.6. The normalized spacial score (nSPS) is 10.7. The highest BCUT2D eigenvalue weighted by molar-refractivity contribution is 6.30. The number of aromatic nitrogens is 1. The number of hydrogen-bond acceptors (Lipinski definition) is 4. The van der Waals surface area contributed by atoms with E-state index in [2.05, 4.69) is 15.6 Å². The van der Waals surface area contributed by atoms with Gasteiger partial charge in [0, 0.05) is 37.0 Å². The lowest BCUT2D eigenvalue weighted by molar-refractivity contribution is -0.118. The molecular formula is C19H18ClN3O3. The standard InChI is InChI=1S/C19H18ClN3O3/c1-12(24)21-8-9-22-19(25)14-4-7-17-16(11-14)23-18(26-17)10-13-2-5-15(20)6-3-13/h2-7,11H,8-10H2,1H3,(H,21,24)(H,22,25). The van der Waals surface area contributed by atoms with Crippen LogP contribution >= 0.6 is 11.6 Å². The minimum Gasteiger partial charge on any atom is -0.440 e. The number of nitrogens with zero attached hydrogens (tertiary/aromatic N) is 1. The van der Waals surface area contributed by atoms with Crippen LogP contribution in [0.5, 0.6) is 0 Å². The zero-order valence-corrected chi connectivity index (χ0v) is 15.0. The van der Waals surface area contributed by atoms with E-state index in [4.69, 9.17) is 16.0 Å². The maximum atomic E-state index is 12.2. The monoisotopic (exact) mass is 371 g/mol. The molecule has 0 aliphatic carbocycles. The van der Waals surface area contributed by atoms with Crippen molar-refractivity contribution in [2.45, 2.75) is 13.3 Å². The van der Waals surface area contributed by atoms with Crippen LogP contribution in [0.15, 0.2) is 46.9 Å². The van der Waals surface area contributed by atoms with Gasteiger partial charge in [-0.3, -0.25) is 9.59 Å². The van der Waals surface area contributed by atoms with Crippen LogP contribution in [-0.2, 0) is 11.2 Å². The SMILES string of the molecule is CC(=O)NCCNC(=O)c1ccc2oc(Cc3ccc(Cl)cc3)nc2c1. The minimum absolute atomic E-state index is 0.128. The zero-order chi connectivity index (χ0) is 18.5. The smallest absolute Gasteiger partial charge is 0.251 e. The highest BCUT2D eigenvalue weighted by Crippen LogP contribution is 2.20. The number of carbonyl (C=O) groups excluding carboxylic acids is 2. The Balaban J connectivity index is 1.67. The summed E-state index contributed by atoms with van der Waals surface area (Å²) in [5.74, 6) is 0.224. The Bertz CT molecular complexity index is 935. The number of halogens is 1. The molecule has 1 heterocycles. The Kier molecular flexibility index (Phi) is 5.53. The second-order valence-electron chi connectivity index (χ2n) is 5.83. The van der Waals surface area contributed by atoms with Crippen molar-refractivity contribution in [2.24, 2.45) is 0 Å². The molecule has 6 nitrogen and oxygen atoms in total. The summed E-state index contributed by atoms with van der Waals surface area (Å²) in [7, 11) is 0. The Morgan fingerprint density at radius 2 is 1.81 bits per heavy atom. The molecule has 3 aromatic rings. The van der Waals surface area contributed by atoms with Gasteiger partial charge >= 0.3 is 0 Å². The molecule has 2 aromatic carbocycles. The summed E-state index contributed by atoms with van der Waals surface area (Å²) in [6.07, 6.45) is 0.546. The number of nitrogens with one attached hydrogen (secondary N) is 2. The topological polar surface area (TPSA) is 84.2 Å². The molecule has 0 radical (unpaired) electrons. The molecule has 0 aliphatic rings. The number of fused-ring (bicyclic) bond motifs is 1. The lowest BCUT2D eigenvalue weighted by Crippen LogP contribution is -2.33. The first-order valence-electron chi connectivity index (χ1n) is 8.18. The van der Waals surface area contributed by atoms with Crippen molar-refractivity contribution in [1.82, 2.24) is 15.6 Å². The van der Waals surface area contributed by atoms with Gasteiger partial charge in [0.25, 0.3) is 5.91 Å². The number of rotatable bonds is 6. The van der Waals surface area contributed by atoms with Gasteiger partial charge in [0.1, 0.15) is 5.52 Å². The highest BCUT2D eigenvalue weighted by Gasteiger charge is 2.11. The molecule has 3 rings (SSSR count). The fourth-order valence-corrected chi connectivity index (χ4v) is 2.61. The fraction of sp³-hybridized carbons (Fsp3) is 0.211. The second kappa shape index (κ2) is 8.01. The van der Waals surface area contributed by atoms with Crippen LogP contribution in [0.3, 0.4) is 0 Å². The zero-order valence-electron chi connectivity index (χ0n) is 14.2. The first-order valence-corrected chi connectivity index (χ1v) is 8.55. The Morgan fingerprint density at radius 3 is 2.54 bits per heavy atom. The first kappa shape index (κ1) is 17.9. The van der Waals surface area contributed by atoms with Crippen LogP contribution < -0.4 is 10.6 Å². The maximum absolute atomic E-state index is 12.2. The van der Waals surface area contributed by atoms with Gasteiger partial charge < -0.3 is 15.1 Å². The van der Waals surface area contributed by atoms with Crippen LogP contribution in [0.25, 0.3) is 11.1 Å². The van der Waals surface area contributed by atoms with E-state index >= 15 is 0 Å². The van der Waals surface area contributed by atoms with E-state index in [0.29, 0.717) is 47.1 Å². The molecule has 134 valence electrons. The van der Waals surface area contributed by atoms with E-state index in [0.717, 1.165) is 5.56 Å². The van der Waals surface area contributed by atoms with Gasteiger partial charge in [-0.2, -0.15) is 0 Å². The number of hydrogen-bond donors (Lipinski definition) is 2. The van der Waals surface area contributed by atoms with Crippen molar-refractivity contribution < 1.29 is 14.0 Å². The van der Waals surface area contributed by atoms with Crippen molar-refractivity contribution in [1.29, 1.82) is 0 Å². The van der Waals surface area contributed by atoms with Gasteiger partial charge in [-0.15, -0.1) is 0 Å². The lowest BCUT2D eigenvalue weighted by Gasteiger charge is -2.05. The Labute approximate surface area is 155 Å². The summed E-state index contributed by atoms with van der Waals surface area (Å²) >= 11 is 5.89. The summed E-state index contributed by atoms with van der Waals surface area (Å²) in [5, 5.41) is 6.05. The lowest BCUT2D eigenvalue weighted by atomic mass is 10.1. The van der Waals surface area contributed by atoms with Crippen molar-refractivity contribution in [2.75, 3.05) is 13.1 Å². The third-order valence-corrected chi connectivity index (χ3v) is 4.00. The molecule has 26 heavy (non-hydrogen) atoms. The Morgan fingerprint density at radius 1 is 1.08 bits per heavy atom. The third-order valence-electron chi connectivity index (χ3n) is 3.75. The summed E-state index contributed by atoms with van der Waals surface area (Å²) in [4.78, 5) is 27.4. The number of carbonyl (C=O) groups is 2. The average Bonchev–Trinajstić information content (AvgIpc) is 3.01. The largest absolute Gasteiger partial charge is 0.440 e. The molecule has 0 bridgehead atoms. The molecule has 1 aromatic heterocycles. The van der Waals surface area contributed by atoms with Crippen LogP contribution in [0.2, 0.25) is 5.02 Å². The van der Waals surface area contributed by atoms with Gasteiger partial charge in [-0.05, 0) is 35.9 Å². The van der Waals surface area contributed by atoms with Gasteiger partial charge in [-0.1, -0.05) is 23.7 Å². The van der Waals surface area contributed by atoms with Gasteiger partial charge in [0.2, 0.25) is 5.91 Å². The third kappa shape index (κ3) is 4.61. The molecule has 0 unspecified atom stereocenters. The average molecular weight is 372 g/mol. The van der Waals surface area contributed by atoms with E-state index < -0.39 is 0 Å². The van der Waals surface area contributed by atoms with Crippen molar-refractivity contribution >= 4 is 34.5 Å². The van der Waals surface area contributed by atoms with Gasteiger partial charge in [0.05, 0.1) is 0 Å². The van der Waals surface area contributed by atoms with E-state index in [-0.39, 0.29) is 11.8 Å². The quantitative estimate of drug-likeness (QED) is 0.652. The van der Waals surface area contributed by atoms with Crippen LogP contribution in [-0.4, -0.2) is 29.9 Å². The summed E-state index contributed by atoms with van der Waals surface area (Å²) in [6.45, 7) is 2.18. The molecule has 2 N–H and O–H groups in total. The van der Waals surface area contributed by atoms with Crippen LogP contribution in [0, 0.1) is 0 Å². The molecule has 2 amide bonds. The first-order chi connectivity index (χ1) is 12.5. The molecule has 0 saturated carbocycles. The van der Waals surface area contributed by atoms with Gasteiger partial charge in [0.15, 0.2) is 11.5 Å². The van der Waals surface area contributed by atoms with Crippen molar-refractivity contribution in [3.05, 3.63) is 64.5 Å². The van der Waals surface area contributed by atoms with E-state index in [9.17, 15) is 9.59 Å². The predicted molar refractivity (Wildman–Crippen MR) is 99.3 cm³/mol. The van der Waals surface area contributed by atoms with E-state index in [1.54, 1.807) is 18.2 Å².